The summed E-state index contributed by atoms with van der Waals surface area (Å²) < 4.78 is 0. The van der Waals surface area contributed by atoms with Crippen molar-refractivity contribution in [2.75, 3.05) is 29.0 Å². The van der Waals surface area contributed by atoms with E-state index >= 15 is 0 Å². The Hall–Kier alpha value is -6.39. The number of carbonyl (C=O) groups excluding carboxylic acids is 6. The van der Waals surface area contributed by atoms with Gasteiger partial charge in [-0.15, -0.1) is 0 Å². The Morgan fingerprint density at radius 1 is 0.868 bits per heavy atom. The molecule has 5 amide bonds. The maximum Gasteiger partial charge on any atom is 0.323 e. The zero-order valence-corrected chi connectivity index (χ0v) is 30.1. The molecule has 0 spiro atoms. The SMILES string of the molecule is CC(=O)c1cccc(NCCNC(=O)c2cccc(C#Cc3cc(NC(=O)Nc4ccnc(Cl)c4)ccn3)c2)c1C(C)=O.CCC1CCC(=O)NC1=O. The Morgan fingerprint density at radius 3 is 2.26 bits per heavy atom. The molecule has 5 rings (SSSR count). The maximum absolute atomic E-state index is 12.7. The van der Waals surface area contributed by atoms with E-state index in [2.05, 4.69) is 48.4 Å². The van der Waals surface area contributed by atoms with E-state index in [9.17, 15) is 28.8 Å². The number of urea groups is 1. The number of pyridine rings is 2. The van der Waals surface area contributed by atoms with Crippen LogP contribution in [0.5, 0.6) is 0 Å². The molecule has 4 aromatic rings. The molecule has 1 saturated heterocycles. The molecule has 272 valence electrons. The predicted molar refractivity (Wildman–Crippen MR) is 202 cm³/mol. The van der Waals surface area contributed by atoms with Crippen molar-refractivity contribution in [3.05, 3.63) is 112 Å². The van der Waals surface area contributed by atoms with Crippen molar-refractivity contribution in [3.8, 4) is 11.8 Å². The first-order valence-corrected chi connectivity index (χ1v) is 17.1. The minimum Gasteiger partial charge on any atom is -0.383 e. The Balaban J connectivity index is 0.000000541. The number of nitrogens with zero attached hydrogens (tertiary/aromatic N) is 2. The van der Waals surface area contributed by atoms with Gasteiger partial charge in [0.05, 0.1) is 5.56 Å². The highest BCUT2D eigenvalue weighted by Crippen LogP contribution is 2.21. The lowest BCUT2D eigenvalue weighted by atomic mass is 9.96. The van der Waals surface area contributed by atoms with Crippen LogP contribution in [0, 0.1) is 17.8 Å². The lowest BCUT2D eigenvalue weighted by Crippen LogP contribution is -2.40. The van der Waals surface area contributed by atoms with Crippen molar-refractivity contribution < 1.29 is 28.8 Å². The Morgan fingerprint density at radius 2 is 1.58 bits per heavy atom. The fourth-order valence-electron chi connectivity index (χ4n) is 5.20. The lowest BCUT2D eigenvalue weighted by molar-refractivity contribution is -0.136. The first kappa shape index (κ1) is 39.4. The van der Waals surface area contributed by atoms with E-state index in [1.807, 2.05) is 6.92 Å². The van der Waals surface area contributed by atoms with Crippen LogP contribution in [-0.2, 0) is 9.59 Å². The Kier molecular flexibility index (Phi) is 14.3. The molecular formula is C39H38ClN7O6. The molecule has 1 aliphatic heterocycles. The van der Waals surface area contributed by atoms with E-state index in [1.165, 1.54) is 32.3 Å². The fraction of sp³-hybridized carbons (Fsp3) is 0.231. The molecule has 1 unspecified atom stereocenters. The van der Waals surface area contributed by atoms with Gasteiger partial charge in [0.25, 0.3) is 5.91 Å². The van der Waals surface area contributed by atoms with E-state index in [1.54, 1.807) is 60.7 Å². The largest absolute Gasteiger partial charge is 0.383 e. The third-order valence-corrected chi connectivity index (χ3v) is 8.04. The smallest absolute Gasteiger partial charge is 0.323 e. The van der Waals surface area contributed by atoms with Crippen LogP contribution >= 0.6 is 11.6 Å². The second kappa shape index (κ2) is 19.3. The van der Waals surface area contributed by atoms with E-state index in [0.29, 0.717) is 58.0 Å². The molecule has 13 nitrogen and oxygen atoms in total. The van der Waals surface area contributed by atoms with Gasteiger partial charge in [-0.05, 0) is 81.1 Å². The summed E-state index contributed by atoms with van der Waals surface area (Å²) in [6.07, 6.45) is 5.07. The number of carbonyl (C=O) groups is 6. The monoisotopic (exact) mass is 735 g/mol. The number of nitrogens with one attached hydrogen (secondary N) is 5. The minimum atomic E-state index is -0.467. The second-order valence-electron chi connectivity index (χ2n) is 11.8. The van der Waals surface area contributed by atoms with Crippen LogP contribution in [0.2, 0.25) is 5.15 Å². The van der Waals surface area contributed by atoms with Crippen LogP contribution in [0.3, 0.4) is 0 Å². The molecule has 14 heteroatoms. The number of hydrogen-bond acceptors (Lipinski definition) is 9. The Bertz CT molecular complexity index is 2090. The zero-order valence-electron chi connectivity index (χ0n) is 29.3. The summed E-state index contributed by atoms with van der Waals surface area (Å²) in [6.45, 7) is 5.41. The van der Waals surface area contributed by atoms with Crippen LogP contribution in [-0.4, -0.2) is 58.4 Å². The number of anilines is 3. The molecule has 1 atom stereocenters. The van der Waals surface area contributed by atoms with Crippen LogP contribution in [0.4, 0.5) is 21.9 Å². The van der Waals surface area contributed by atoms with Crippen molar-refractivity contribution in [1.29, 1.82) is 0 Å². The summed E-state index contributed by atoms with van der Waals surface area (Å²) in [5.74, 6) is 5.07. The quantitative estimate of drug-likeness (QED) is 0.0436. The minimum absolute atomic E-state index is 0.0673. The molecule has 0 saturated carbocycles. The number of imide groups is 1. The number of halogens is 1. The molecule has 2 aromatic carbocycles. The normalized spacial score (nSPS) is 13.2. The highest BCUT2D eigenvalue weighted by Gasteiger charge is 2.24. The topological polar surface area (TPSA) is 188 Å². The molecule has 5 N–H and O–H groups in total. The van der Waals surface area contributed by atoms with E-state index in [0.717, 1.165) is 12.8 Å². The summed E-state index contributed by atoms with van der Waals surface area (Å²) >= 11 is 5.85. The molecule has 0 bridgehead atoms. The van der Waals surface area contributed by atoms with Crippen molar-refractivity contribution in [2.45, 2.75) is 40.0 Å². The Labute approximate surface area is 311 Å². The number of rotatable bonds is 10. The van der Waals surface area contributed by atoms with Crippen molar-refractivity contribution >= 4 is 64.0 Å². The summed E-state index contributed by atoms with van der Waals surface area (Å²) in [7, 11) is 0. The average molecular weight is 736 g/mol. The number of ketones is 2. The molecular weight excluding hydrogens is 698 g/mol. The molecule has 3 heterocycles. The van der Waals surface area contributed by atoms with Gasteiger partial charge in [0.2, 0.25) is 11.8 Å². The highest BCUT2D eigenvalue weighted by molar-refractivity contribution is 6.29. The third kappa shape index (κ3) is 12.1. The number of Topliss-reactive ketones (excluding diaryl/α,β-unsaturated/α-hetero) is 2. The van der Waals surface area contributed by atoms with Crippen LogP contribution < -0.4 is 26.6 Å². The zero-order chi connectivity index (χ0) is 38.3. The van der Waals surface area contributed by atoms with Crippen LogP contribution in [0.15, 0.2) is 79.1 Å². The van der Waals surface area contributed by atoms with Crippen molar-refractivity contribution in [1.82, 2.24) is 20.6 Å². The summed E-state index contributed by atoms with van der Waals surface area (Å²) in [5.41, 5.74) is 3.66. The number of amides is 5. The molecule has 2 aromatic heterocycles. The number of benzene rings is 2. The van der Waals surface area contributed by atoms with E-state index in [4.69, 9.17) is 11.6 Å². The molecule has 53 heavy (non-hydrogen) atoms. The van der Waals surface area contributed by atoms with Crippen molar-refractivity contribution in [2.24, 2.45) is 5.92 Å². The third-order valence-electron chi connectivity index (χ3n) is 7.83. The average Bonchev–Trinajstić information content (AvgIpc) is 3.12. The predicted octanol–water partition coefficient (Wildman–Crippen LogP) is 5.87. The van der Waals surface area contributed by atoms with Crippen molar-refractivity contribution in [3.63, 3.8) is 0 Å². The molecule has 0 aliphatic carbocycles. The van der Waals surface area contributed by atoms with Gasteiger partial charge >= 0.3 is 6.03 Å². The number of piperidine rings is 1. The first-order chi connectivity index (χ1) is 25.4. The van der Waals surface area contributed by atoms with Gasteiger partial charge in [-0.25, -0.2) is 14.8 Å². The van der Waals surface area contributed by atoms with Gasteiger partial charge in [0, 0.05) is 71.6 Å². The van der Waals surface area contributed by atoms with E-state index < -0.39 is 6.03 Å². The summed E-state index contributed by atoms with van der Waals surface area (Å²) in [5, 5.41) is 13.9. The second-order valence-corrected chi connectivity index (χ2v) is 12.2. The van der Waals surface area contributed by atoms with Crippen LogP contribution in [0.25, 0.3) is 0 Å². The number of aromatic nitrogens is 2. The van der Waals surface area contributed by atoms with Gasteiger partial charge in [0.1, 0.15) is 10.8 Å². The standard InChI is InChI=1S/C32H27ClN6O4.C7H11NO2/c1-20(40)27-7-4-8-28(30(27)21(2)41)35-15-16-37-31(42)23-6-3-5-22(17-23)9-10-24-18-25(11-13-34-24)38-32(43)39-26-12-14-36-29(33)19-26;1-2-5-3-4-6(9)8-7(5)10/h3-8,11-14,17-19,35H,15-16H2,1-2H3,(H,37,42)(H2,34,36,38,39,43);5H,2-4H2,1H3,(H,8,9,10). The lowest BCUT2D eigenvalue weighted by Gasteiger charge is -2.18. The van der Waals surface area contributed by atoms with Gasteiger partial charge < -0.3 is 21.3 Å². The van der Waals surface area contributed by atoms with E-state index in [-0.39, 0.29) is 46.9 Å². The molecule has 1 aliphatic rings. The summed E-state index contributed by atoms with van der Waals surface area (Å²) in [6, 6.07) is 17.8. The number of hydrogen-bond donors (Lipinski definition) is 5. The van der Waals surface area contributed by atoms with Gasteiger partial charge in [-0.2, -0.15) is 0 Å². The van der Waals surface area contributed by atoms with Gasteiger partial charge in [-0.3, -0.25) is 29.3 Å². The molecule has 1 fully saturated rings. The fourth-order valence-corrected chi connectivity index (χ4v) is 5.37. The van der Waals surface area contributed by atoms with Crippen LogP contribution in [0.1, 0.15) is 82.4 Å². The van der Waals surface area contributed by atoms with Gasteiger partial charge in [0.15, 0.2) is 11.6 Å². The maximum atomic E-state index is 12.7. The van der Waals surface area contributed by atoms with Gasteiger partial charge in [-0.1, -0.05) is 42.6 Å². The highest BCUT2D eigenvalue weighted by atomic mass is 35.5. The summed E-state index contributed by atoms with van der Waals surface area (Å²) in [4.78, 5) is 78.7. The first-order valence-electron chi connectivity index (χ1n) is 16.7. The molecule has 0 radical (unpaired) electrons.